The van der Waals surface area contributed by atoms with E-state index in [9.17, 15) is 18.0 Å². The molecule has 0 saturated carbocycles. The Morgan fingerprint density at radius 3 is 2.28 bits per heavy atom. The highest BCUT2D eigenvalue weighted by atomic mass is 32.2. The normalized spacial score (nSPS) is 15.3. The molecule has 1 aromatic carbocycles. The fraction of sp³-hybridized carbons (Fsp3) is 0.636. The van der Waals surface area contributed by atoms with Gasteiger partial charge in [-0.05, 0) is 37.8 Å². The van der Waals surface area contributed by atoms with Crippen molar-refractivity contribution in [1.29, 1.82) is 0 Å². The van der Waals surface area contributed by atoms with Gasteiger partial charge in [-0.2, -0.15) is 0 Å². The Morgan fingerprint density at radius 2 is 1.69 bits per heavy atom. The molecule has 1 aliphatic heterocycles. The van der Waals surface area contributed by atoms with Crippen molar-refractivity contribution in [1.82, 2.24) is 9.80 Å². The molecule has 0 atom stereocenters. The molecule has 1 saturated heterocycles. The number of likely N-dealkylation sites (tertiary alicyclic amines) is 1. The van der Waals surface area contributed by atoms with Crippen molar-refractivity contribution in [3.8, 4) is 0 Å². The Hall–Kier alpha value is -1.89. The maximum atomic E-state index is 12.8. The van der Waals surface area contributed by atoms with Gasteiger partial charge in [-0.1, -0.05) is 44.9 Å². The highest BCUT2D eigenvalue weighted by Crippen LogP contribution is 2.20. The van der Waals surface area contributed by atoms with Crippen molar-refractivity contribution < 1.29 is 18.0 Å². The maximum absolute atomic E-state index is 12.8. The molecular formula is C22H34N2O4S. The molecule has 0 spiro atoms. The van der Waals surface area contributed by atoms with Crippen LogP contribution in [0.4, 0.5) is 0 Å². The first-order valence-corrected chi connectivity index (χ1v) is 12.5. The van der Waals surface area contributed by atoms with Crippen molar-refractivity contribution in [2.75, 3.05) is 31.1 Å². The van der Waals surface area contributed by atoms with Gasteiger partial charge in [0.1, 0.15) is 5.75 Å². The Morgan fingerprint density at radius 1 is 1.03 bits per heavy atom. The second kappa shape index (κ2) is 11.3. The van der Waals surface area contributed by atoms with E-state index < -0.39 is 15.6 Å². The van der Waals surface area contributed by atoms with E-state index >= 15 is 0 Å². The first kappa shape index (κ1) is 23.4. The van der Waals surface area contributed by atoms with Gasteiger partial charge in [-0.15, -0.1) is 0 Å². The first-order valence-electron chi connectivity index (χ1n) is 10.7. The van der Waals surface area contributed by atoms with Crippen LogP contribution in [-0.2, 0) is 14.6 Å². The number of amides is 2. The molecule has 0 radical (unpaired) electrons. The lowest BCUT2D eigenvalue weighted by molar-refractivity contribution is -0.131. The summed E-state index contributed by atoms with van der Waals surface area (Å²) >= 11 is 0. The molecule has 0 bridgehead atoms. The summed E-state index contributed by atoms with van der Waals surface area (Å²) in [6.07, 6.45) is 4.57. The van der Waals surface area contributed by atoms with Gasteiger partial charge in [0.05, 0.1) is 5.75 Å². The maximum Gasteiger partial charge on any atom is 0.253 e. The summed E-state index contributed by atoms with van der Waals surface area (Å²) in [5.74, 6) is -0.608. The van der Waals surface area contributed by atoms with Crippen LogP contribution in [0.3, 0.4) is 0 Å². The lowest BCUT2D eigenvalue weighted by Crippen LogP contribution is -2.50. The molecule has 1 aromatic rings. The number of hydrogen-bond acceptors (Lipinski definition) is 4. The Bertz CT molecular complexity index is 756. The van der Waals surface area contributed by atoms with E-state index in [-0.39, 0.29) is 23.6 Å². The molecular weight excluding hydrogens is 388 g/mol. The van der Waals surface area contributed by atoms with E-state index in [2.05, 4.69) is 0 Å². The predicted octanol–water partition coefficient (Wildman–Crippen LogP) is 3.13. The van der Waals surface area contributed by atoms with Gasteiger partial charge in [0, 0.05) is 31.2 Å². The summed E-state index contributed by atoms with van der Waals surface area (Å²) in [7, 11) is -3.37. The molecule has 0 aliphatic carbocycles. The van der Waals surface area contributed by atoms with Crippen LogP contribution in [0.15, 0.2) is 30.3 Å². The Kier molecular flexibility index (Phi) is 9.14. The molecule has 0 unspecified atom stereocenters. The molecule has 1 fully saturated rings. The lowest BCUT2D eigenvalue weighted by Gasteiger charge is -2.38. The smallest absolute Gasteiger partial charge is 0.253 e. The molecule has 1 heterocycles. The SMILES string of the molecule is CCCCCS(=O)(=O)CC(=O)N(CCC)C1CCN(C(=O)c2ccccc2)CC1. The van der Waals surface area contributed by atoms with Crippen LogP contribution in [0, 0.1) is 0 Å². The van der Waals surface area contributed by atoms with Gasteiger partial charge < -0.3 is 9.80 Å². The average Bonchev–Trinajstić information content (AvgIpc) is 2.72. The Labute approximate surface area is 175 Å². The standard InChI is InChI=1S/C22H34N2O4S/c1-3-5-9-17-29(27,28)18-21(25)24(14-4-2)20-12-15-23(16-13-20)22(26)19-10-7-6-8-11-19/h6-8,10-11,20H,3-5,9,12-18H2,1-2H3. The second-order valence-electron chi connectivity index (χ2n) is 7.78. The number of carbonyl (C=O) groups is 2. The van der Waals surface area contributed by atoms with Gasteiger partial charge in [0.2, 0.25) is 5.91 Å². The zero-order valence-corrected chi connectivity index (χ0v) is 18.5. The number of carbonyl (C=O) groups excluding carboxylic acids is 2. The quantitative estimate of drug-likeness (QED) is 0.543. The summed E-state index contributed by atoms with van der Waals surface area (Å²) in [6.45, 7) is 5.73. The van der Waals surface area contributed by atoms with Crippen LogP contribution >= 0.6 is 0 Å². The van der Waals surface area contributed by atoms with Crippen molar-refractivity contribution in [2.45, 2.75) is 58.4 Å². The number of piperidine rings is 1. The fourth-order valence-corrected chi connectivity index (χ4v) is 5.14. The average molecular weight is 423 g/mol. The third-order valence-electron chi connectivity index (χ3n) is 5.40. The van der Waals surface area contributed by atoms with Crippen molar-refractivity contribution >= 4 is 21.7 Å². The third-order valence-corrected chi connectivity index (χ3v) is 7.00. The number of unbranched alkanes of at least 4 members (excludes halogenated alkanes) is 2. The van der Waals surface area contributed by atoms with E-state index in [0.717, 1.165) is 19.3 Å². The van der Waals surface area contributed by atoms with E-state index in [4.69, 9.17) is 0 Å². The molecule has 0 aromatic heterocycles. The summed E-state index contributed by atoms with van der Waals surface area (Å²) < 4.78 is 24.6. The summed E-state index contributed by atoms with van der Waals surface area (Å²) in [5.41, 5.74) is 0.672. The van der Waals surface area contributed by atoms with Gasteiger partial charge in [-0.3, -0.25) is 9.59 Å². The van der Waals surface area contributed by atoms with E-state index in [1.54, 1.807) is 4.90 Å². The third kappa shape index (κ3) is 7.14. The number of sulfone groups is 1. The van der Waals surface area contributed by atoms with Crippen molar-refractivity contribution in [2.24, 2.45) is 0 Å². The summed E-state index contributed by atoms with van der Waals surface area (Å²) in [6, 6.07) is 9.20. The monoisotopic (exact) mass is 422 g/mol. The number of hydrogen-bond donors (Lipinski definition) is 0. The van der Waals surface area contributed by atoms with Crippen LogP contribution < -0.4 is 0 Å². The van der Waals surface area contributed by atoms with E-state index in [1.165, 1.54) is 0 Å². The fourth-order valence-electron chi connectivity index (χ4n) is 3.81. The van der Waals surface area contributed by atoms with Crippen LogP contribution in [0.1, 0.15) is 62.7 Å². The molecule has 162 valence electrons. The minimum Gasteiger partial charge on any atom is -0.339 e. The molecule has 29 heavy (non-hydrogen) atoms. The minimum absolute atomic E-state index is 0.00637. The van der Waals surface area contributed by atoms with Crippen LogP contribution in [0.2, 0.25) is 0 Å². The zero-order chi connectivity index (χ0) is 21.3. The van der Waals surface area contributed by atoms with Gasteiger partial charge in [0.15, 0.2) is 9.84 Å². The molecule has 2 rings (SSSR count). The molecule has 1 aliphatic rings. The topological polar surface area (TPSA) is 74.8 Å². The molecule has 2 amide bonds. The predicted molar refractivity (Wildman–Crippen MR) is 116 cm³/mol. The highest BCUT2D eigenvalue weighted by Gasteiger charge is 2.31. The van der Waals surface area contributed by atoms with E-state index in [1.807, 2.05) is 49.1 Å². The highest BCUT2D eigenvalue weighted by molar-refractivity contribution is 7.92. The zero-order valence-electron chi connectivity index (χ0n) is 17.7. The van der Waals surface area contributed by atoms with Gasteiger partial charge >= 0.3 is 0 Å². The minimum atomic E-state index is -3.37. The van der Waals surface area contributed by atoms with Crippen LogP contribution in [0.25, 0.3) is 0 Å². The first-order chi connectivity index (χ1) is 13.9. The number of benzene rings is 1. The Balaban J connectivity index is 1.94. The molecule has 7 heteroatoms. The van der Waals surface area contributed by atoms with Crippen LogP contribution in [-0.4, -0.2) is 67.2 Å². The van der Waals surface area contributed by atoms with Crippen LogP contribution in [0.5, 0.6) is 0 Å². The van der Waals surface area contributed by atoms with Gasteiger partial charge in [0.25, 0.3) is 5.91 Å². The number of rotatable bonds is 10. The van der Waals surface area contributed by atoms with Crippen molar-refractivity contribution in [3.63, 3.8) is 0 Å². The van der Waals surface area contributed by atoms with Crippen molar-refractivity contribution in [3.05, 3.63) is 35.9 Å². The second-order valence-corrected chi connectivity index (χ2v) is 9.96. The summed E-state index contributed by atoms with van der Waals surface area (Å²) in [5, 5.41) is 0. The van der Waals surface area contributed by atoms with Gasteiger partial charge in [-0.25, -0.2) is 8.42 Å². The summed E-state index contributed by atoms with van der Waals surface area (Å²) in [4.78, 5) is 29.0. The lowest BCUT2D eigenvalue weighted by atomic mass is 10.0. The molecule has 0 N–H and O–H groups in total. The van der Waals surface area contributed by atoms with E-state index in [0.29, 0.717) is 44.5 Å². The number of nitrogens with zero attached hydrogens (tertiary/aromatic N) is 2. The largest absolute Gasteiger partial charge is 0.339 e. The molecule has 6 nitrogen and oxygen atoms in total.